The van der Waals surface area contributed by atoms with Crippen LogP contribution in [0.4, 0.5) is 5.69 Å². The van der Waals surface area contributed by atoms with Crippen molar-refractivity contribution in [2.24, 2.45) is 0 Å². The predicted octanol–water partition coefficient (Wildman–Crippen LogP) is 4.41. The Morgan fingerprint density at radius 2 is 2.28 bits per heavy atom. The molecular formula is C15H22ClNO. The van der Waals surface area contributed by atoms with Gasteiger partial charge in [-0.15, -0.1) is 0 Å². The van der Waals surface area contributed by atoms with Crippen molar-refractivity contribution in [2.75, 3.05) is 11.9 Å². The second-order valence-corrected chi connectivity index (χ2v) is 5.88. The van der Waals surface area contributed by atoms with Crippen molar-refractivity contribution in [1.82, 2.24) is 0 Å². The molecule has 0 bridgehead atoms. The molecule has 100 valence electrons. The minimum Gasteiger partial charge on any atom is -0.382 e. The minimum atomic E-state index is 0.0163. The van der Waals surface area contributed by atoms with Gasteiger partial charge in [-0.1, -0.05) is 24.6 Å². The van der Waals surface area contributed by atoms with Crippen LogP contribution in [0.25, 0.3) is 0 Å². The summed E-state index contributed by atoms with van der Waals surface area (Å²) in [5.41, 5.74) is 2.40. The first-order valence-corrected chi connectivity index (χ1v) is 7.07. The van der Waals surface area contributed by atoms with Crippen molar-refractivity contribution in [1.29, 1.82) is 0 Å². The van der Waals surface area contributed by atoms with Gasteiger partial charge in [0.1, 0.15) is 0 Å². The Bertz CT molecular complexity index is 421. The predicted molar refractivity (Wildman–Crippen MR) is 77.5 cm³/mol. The fraction of sp³-hybridized carbons (Fsp3) is 0.600. The van der Waals surface area contributed by atoms with E-state index in [2.05, 4.69) is 32.2 Å². The Hall–Kier alpha value is -0.730. The summed E-state index contributed by atoms with van der Waals surface area (Å²) < 4.78 is 5.87. The summed E-state index contributed by atoms with van der Waals surface area (Å²) in [6.07, 6.45) is 3.16. The van der Waals surface area contributed by atoms with Gasteiger partial charge in [-0.05, 0) is 50.8 Å². The zero-order valence-electron chi connectivity index (χ0n) is 11.4. The largest absolute Gasteiger partial charge is 0.382 e. The van der Waals surface area contributed by atoms with Gasteiger partial charge in [0.25, 0.3) is 0 Å². The number of benzene rings is 1. The third-order valence-corrected chi connectivity index (χ3v) is 4.14. The summed E-state index contributed by atoms with van der Waals surface area (Å²) in [6, 6.07) is 6.47. The highest BCUT2D eigenvalue weighted by Crippen LogP contribution is 2.30. The molecule has 1 aliphatic heterocycles. The van der Waals surface area contributed by atoms with Gasteiger partial charge in [0.05, 0.1) is 5.60 Å². The SMILES string of the molecule is CCC1(C)CC(Nc2cc(Cl)ccc2C)CCO1. The van der Waals surface area contributed by atoms with E-state index in [0.29, 0.717) is 6.04 Å². The topological polar surface area (TPSA) is 21.3 Å². The van der Waals surface area contributed by atoms with Gasteiger partial charge < -0.3 is 10.1 Å². The summed E-state index contributed by atoms with van der Waals surface area (Å²) in [5.74, 6) is 0. The maximum absolute atomic E-state index is 6.05. The van der Waals surface area contributed by atoms with Crippen LogP contribution in [-0.2, 0) is 4.74 Å². The number of ether oxygens (including phenoxy) is 1. The van der Waals surface area contributed by atoms with Crippen molar-refractivity contribution in [2.45, 2.75) is 51.7 Å². The van der Waals surface area contributed by atoms with Crippen LogP contribution >= 0.6 is 11.6 Å². The number of hydrogen-bond donors (Lipinski definition) is 1. The molecule has 0 aliphatic carbocycles. The summed E-state index contributed by atoms with van der Waals surface area (Å²) in [6.45, 7) is 7.33. The molecular weight excluding hydrogens is 246 g/mol. The van der Waals surface area contributed by atoms with Crippen LogP contribution in [0.2, 0.25) is 5.02 Å². The summed E-state index contributed by atoms with van der Waals surface area (Å²) in [5, 5.41) is 4.40. The lowest BCUT2D eigenvalue weighted by molar-refractivity contribution is -0.0708. The van der Waals surface area contributed by atoms with E-state index in [9.17, 15) is 0 Å². The first-order valence-electron chi connectivity index (χ1n) is 6.69. The van der Waals surface area contributed by atoms with Gasteiger partial charge in [0.2, 0.25) is 0 Å². The molecule has 2 rings (SSSR count). The van der Waals surface area contributed by atoms with Crippen LogP contribution in [0.3, 0.4) is 0 Å². The molecule has 0 aromatic heterocycles. The quantitative estimate of drug-likeness (QED) is 0.876. The summed E-state index contributed by atoms with van der Waals surface area (Å²) >= 11 is 6.05. The summed E-state index contributed by atoms with van der Waals surface area (Å²) in [4.78, 5) is 0. The van der Waals surface area contributed by atoms with Gasteiger partial charge in [-0.2, -0.15) is 0 Å². The van der Waals surface area contributed by atoms with Crippen molar-refractivity contribution in [3.8, 4) is 0 Å². The van der Waals surface area contributed by atoms with Crippen LogP contribution in [0.1, 0.15) is 38.7 Å². The summed E-state index contributed by atoms with van der Waals surface area (Å²) in [7, 11) is 0. The molecule has 0 radical (unpaired) electrons. The Kier molecular flexibility index (Phi) is 4.18. The molecule has 1 N–H and O–H groups in total. The van der Waals surface area contributed by atoms with Crippen LogP contribution in [0.5, 0.6) is 0 Å². The Morgan fingerprint density at radius 1 is 1.50 bits per heavy atom. The lowest BCUT2D eigenvalue weighted by Crippen LogP contribution is -2.41. The van der Waals surface area contributed by atoms with E-state index in [1.165, 1.54) is 5.56 Å². The molecule has 1 aromatic rings. The molecule has 3 heteroatoms. The average Bonchev–Trinajstić information content (AvgIpc) is 2.34. The van der Waals surface area contributed by atoms with Crippen LogP contribution in [0.15, 0.2) is 18.2 Å². The van der Waals surface area contributed by atoms with Crippen molar-refractivity contribution >= 4 is 17.3 Å². The number of halogens is 1. The number of nitrogens with one attached hydrogen (secondary N) is 1. The van der Waals surface area contributed by atoms with Gasteiger partial charge in [0, 0.05) is 23.4 Å². The van der Waals surface area contributed by atoms with Crippen LogP contribution in [0, 0.1) is 6.92 Å². The van der Waals surface area contributed by atoms with E-state index in [1.807, 2.05) is 12.1 Å². The van der Waals surface area contributed by atoms with Crippen molar-refractivity contribution in [3.05, 3.63) is 28.8 Å². The zero-order chi connectivity index (χ0) is 13.2. The minimum absolute atomic E-state index is 0.0163. The normalized spacial score (nSPS) is 28.1. The third-order valence-electron chi connectivity index (χ3n) is 3.90. The van der Waals surface area contributed by atoms with Gasteiger partial charge >= 0.3 is 0 Å². The van der Waals surface area contributed by atoms with E-state index in [0.717, 1.165) is 36.6 Å². The Morgan fingerprint density at radius 3 is 3.00 bits per heavy atom. The lowest BCUT2D eigenvalue weighted by Gasteiger charge is -2.38. The maximum atomic E-state index is 6.05. The van der Waals surface area contributed by atoms with E-state index in [4.69, 9.17) is 16.3 Å². The molecule has 18 heavy (non-hydrogen) atoms. The smallest absolute Gasteiger partial charge is 0.0671 e. The molecule has 1 aromatic carbocycles. The van der Waals surface area contributed by atoms with E-state index >= 15 is 0 Å². The van der Waals surface area contributed by atoms with Crippen LogP contribution < -0.4 is 5.32 Å². The Balaban J connectivity index is 2.07. The molecule has 2 unspecified atom stereocenters. The zero-order valence-corrected chi connectivity index (χ0v) is 12.2. The fourth-order valence-electron chi connectivity index (χ4n) is 2.47. The van der Waals surface area contributed by atoms with Crippen LogP contribution in [-0.4, -0.2) is 18.2 Å². The first-order chi connectivity index (χ1) is 8.52. The van der Waals surface area contributed by atoms with Gasteiger partial charge in [0.15, 0.2) is 0 Å². The average molecular weight is 268 g/mol. The molecule has 1 heterocycles. The highest BCUT2D eigenvalue weighted by atomic mass is 35.5. The standard InChI is InChI=1S/C15H22ClNO/c1-4-15(3)10-13(7-8-18-15)17-14-9-12(16)6-5-11(14)2/h5-6,9,13,17H,4,7-8,10H2,1-3H3. The Labute approximate surface area is 115 Å². The molecule has 1 saturated heterocycles. The second-order valence-electron chi connectivity index (χ2n) is 5.45. The van der Waals surface area contributed by atoms with E-state index in [1.54, 1.807) is 0 Å². The van der Waals surface area contributed by atoms with Crippen molar-refractivity contribution in [3.63, 3.8) is 0 Å². The molecule has 1 aliphatic rings. The maximum Gasteiger partial charge on any atom is 0.0671 e. The molecule has 0 spiro atoms. The highest BCUT2D eigenvalue weighted by Gasteiger charge is 2.31. The molecule has 2 nitrogen and oxygen atoms in total. The molecule has 2 atom stereocenters. The molecule has 0 saturated carbocycles. The number of anilines is 1. The molecule has 0 amide bonds. The van der Waals surface area contributed by atoms with E-state index < -0.39 is 0 Å². The van der Waals surface area contributed by atoms with Crippen molar-refractivity contribution < 1.29 is 4.74 Å². The lowest BCUT2D eigenvalue weighted by atomic mass is 9.89. The number of rotatable bonds is 3. The highest BCUT2D eigenvalue weighted by molar-refractivity contribution is 6.30. The fourth-order valence-corrected chi connectivity index (χ4v) is 2.64. The monoisotopic (exact) mass is 267 g/mol. The second kappa shape index (κ2) is 5.50. The third kappa shape index (κ3) is 3.18. The number of aryl methyl sites for hydroxylation is 1. The van der Waals surface area contributed by atoms with E-state index in [-0.39, 0.29) is 5.60 Å². The number of hydrogen-bond acceptors (Lipinski definition) is 2. The molecule has 1 fully saturated rings. The first kappa shape index (κ1) is 13.7. The van der Waals surface area contributed by atoms with Gasteiger partial charge in [-0.3, -0.25) is 0 Å². The van der Waals surface area contributed by atoms with Gasteiger partial charge in [-0.25, -0.2) is 0 Å².